The first-order valence-electron chi connectivity index (χ1n) is 11.4. The molecule has 1 aliphatic carbocycles. The number of benzene rings is 2. The largest absolute Gasteiger partial charge is 0.481 e. The molecule has 9 heteroatoms. The van der Waals surface area contributed by atoms with Gasteiger partial charge in [-0.3, -0.25) is 9.59 Å². The van der Waals surface area contributed by atoms with Gasteiger partial charge in [0.2, 0.25) is 0 Å². The van der Waals surface area contributed by atoms with Crippen LogP contribution in [0.3, 0.4) is 0 Å². The first kappa shape index (κ1) is 24.4. The van der Waals surface area contributed by atoms with E-state index in [-0.39, 0.29) is 18.2 Å². The molecule has 0 saturated heterocycles. The number of hydrogen-bond donors (Lipinski definition) is 3. The van der Waals surface area contributed by atoms with Crippen molar-refractivity contribution in [3.05, 3.63) is 75.7 Å². The Bertz CT molecular complexity index is 1200. The van der Waals surface area contributed by atoms with Gasteiger partial charge in [-0.05, 0) is 36.1 Å². The molecule has 0 aliphatic heterocycles. The lowest BCUT2D eigenvalue weighted by molar-refractivity contribution is -0.141. The van der Waals surface area contributed by atoms with Crippen LogP contribution in [0.4, 0.5) is 4.79 Å². The van der Waals surface area contributed by atoms with Gasteiger partial charge in [-0.2, -0.15) is 0 Å². The van der Waals surface area contributed by atoms with Gasteiger partial charge in [0, 0.05) is 30.3 Å². The number of ether oxygens (including phenoxy) is 1. The quantitative estimate of drug-likeness (QED) is 0.414. The topological polar surface area (TPSA) is 118 Å². The minimum absolute atomic E-state index is 0.000537. The van der Waals surface area contributed by atoms with E-state index in [1.54, 1.807) is 12.3 Å². The molecular formula is C26H27N3O5S. The standard InChI is InChI=1S/C26H27N3O5S/c1-15(25(31)32)16(2)28-24(30)22-14-35-23(29-22)11-12-27-26(33)34-13-21-19-9-5-3-7-17(19)18-8-4-6-10-20(18)21/h3-10,14-16,21H,11-13H2,1-2H3,(H,27,33)(H,28,30)(H,31,32). The van der Waals surface area contributed by atoms with Crippen LogP contribution in [0.1, 0.15) is 46.4 Å². The first-order valence-corrected chi connectivity index (χ1v) is 12.3. The lowest BCUT2D eigenvalue weighted by Gasteiger charge is -2.16. The van der Waals surface area contributed by atoms with Crippen molar-refractivity contribution in [2.45, 2.75) is 32.2 Å². The molecule has 2 amide bonds. The number of nitrogens with zero attached hydrogens (tertiary/aromatic N) is 1. The van der Waals surface area contributed by atoms with Crippen molar-refractivity contribution in [2.24, 2.45) is 5.92 Å². The Morgan fingerprint density at radius 1 is 1.06 bits per heavy atom. The second kappa shape index (κ2) is 10.7. The maximum Gasteiger partial charge on any atom is 0.407 e. The molecule has 0 bridgehead atoms. The molecule has 1 heterocycles. The highest BCUT2D eigenvalue weighted by Crippen LogP contribution is 2.44. The van der Waals surface area contributed by atoms with Crippen molar-refractivity contribution < 1.29 is 24.2 Å². The molecule has 0 saturated carbocycles. The number of aromatic nitrogens is 1. The Kier molecular flexibility index (Phi) is 7.45. The van der Waals surface area contributed by atoms with Gasteiger partial charge in [-0.25, -0.2) is 9.78 Å². The number of carbonyl (C=O) groups is 3. The fourth-order valence-electron chi connectivity index (χ4n) is 4.07. The molecule has 4 rings (SSSR count). The number of rotatable bonds is 9. The molecule has 2 unspecified atom stereocenters. The summed E-state index contributed by atoms with van der Waals surface area (Å²) >= 11 is 1.31. The van der Waals surface area contributed by atoms with Crippen LogP contribution < -0.4 is 10.6 Å². The number of alkyl carbamates (subject to hydrolysis) is 1. The molecule has 35 heavy (non-hydrogen) atoms. The fourth-order valence-corrected chi connectivity index (χ4v) is 4.85. The van der Waals surface area contributed by atoms with Crippen molar-refractivity contribution >= 4 is 29.3 Å². The Balaban J connectivity index is 1.25. The van der Waals surface area contributed by atoms with Gasteiger partial charge in [-0.1, -0.05) is 48.5 Å². The minimum atomic E-state index is -0.976. The molecule has 2 aromatic carbocycles. The number of carbonyl (C=O) groups excluding carboxylic acids is 2. The Morgan fingerprint density at radius 3 is 2.31 bits per heavy atom. The van der Waals surface area contributed by atoms with Crippen molar-refractivity contribution in [2.75, 3.05) is 13.2 Å². The van der Waals surface area contributed by atoms with Crippen molar-refractivity contribution in [3.8, 4) is 11.1 Å². The van der Waals surface area contributed by atoms with E-state index in [1.165, 1.54) is 29.4 Å². The second-order valence-corrected chi connectivity index (χ2v) is 9.46. The number of nitrogens with one attached hydrogen (secondary N) is 2. The van der Waals surface area contributed by atoms with E-state index in [4.69, 9.17) is 9.84 Å². The van der Waals surface area contributed by atoms with Crippen LogP contribution in [0.2, 0.25) is 0 Å². The normalized spacial score (nSPS) is 13.9. The lowest BCUT2D eigenvalue weighted by Crippen LogP contribution is -2.40. The zero-order chi connectivity index (χ0) is 24.9. The number of thiazole rings is 1. The molecule has 1 aromatic heterocycles. The SMILES string of the molecule is CC(NC(=O)c1csc(CCNC(=O)OCC2c3ccccc3-c3ccccc32)n1)C(C)C(=O)O. The number of carboxylic acid groups (broad SMARTS) is 1. The predicted octanol–water partition coefficient (Wildman–Crippen LogP) is 4.06. The van der Waals surface area contributed by atoms with Crippen molar-refractivity contribution in [1.29, 1.82) is 0 Å². The zero-order valence-electron chi connectivity index (χ0n) is 19.5. The van der Waals surface area contributed by atoms with E-state index in [0.29, 0.717) is 18.0 Å². The summed E-state index contributed by atoms with van der Waals surface area (Å²) in [6.07, 6.45) is -0.0543. The van der Waals surface area contributed by atoms with Gasteiger partial charge < -0.3 is 20.5 Å². The number of hydrogen-bond acceptors (Lipinski definition) is 6. The number of carboxylic acids is 1. The molecule has 182 valence electrons. The summed E-state index contributed by atoms with van der Waals surface area (Å²) in [5, 5.41) is 16.8. The van der Waals surface area contributed by atoms with E-state index in [9.17, 15) is 14.4 Å². The Morgan fingerprint density at radius 2 is 1.69 bits per heavy atom. The van der Waals surface area contributed by atoms with Gasteiger partial charge in [-0.15, -0.1) is 11.3 Å². The van der Waals surface area contributed by atoms with E-state index < -0.39 is 29.9 Å². The Hall–Kier alpha value is -3.72. The number of aliphatic carboxylic acids is 1. The maximum absolute atomic E-state index is 12.3. The van der Waals surface area contributed by atoms with Crippen LogP contribution >= 0.6 is 11.3 Å². The van der Waals surface area contributed by atoms with E-state index >= 15 is 0 Å². The molecule has 1 aliphatic rings. The van der Waals surface area contributed by atoms with E-state index in [1.807, 2.05) is 24.3 Å². The average molecular weight is 494 g/mol. The lowest BCUT2D eigenvalue weighted by atomic mass is 9.98. The van der Waals surface area contributed by atoms with Crippen LogP contribution in [0.5, 0.6) is 0 Å². The monoisotopic (exact) mass is 493 g/mol. The predicted molar refractivity (Wildman–Crippen MR) is 133 cm³/mol. The summed E-state index contributed by atoms with van der Waals surface area (Å²) in [5.41, 5.74) is 4.89. The number of amides is 2. The molecule has 0 spiro atoms. The third-order valence-corrected chi connectivity index (χ3v) is 7.14. The van der Waals surface area contributed by atoms with Gasteiger partial charge in [0.1, 0.15) is 12.3 Å². The van der Waals surface area contributed by atoms with Crippen LogP contribution in [0, 0.1) is 5.92 Å². The van der Waals surface area contributed by atoms with Crippen LogP contribution in [0.15, 0.2) is 53.9 Å². The minimum Gasteiger partial charge on any atom is -0.481 e. The van der Waals surface area contributed by atoms with Crippen molar-refractivity contribution in [3.63, 3.8) is 0 Å². The fraction of sp³-hybridized carbons (Fsp3) is 0.308. The summed E-state index contributed by atoms with van der Waals surface area (Å²) in [5.74, 6) is -2.11. The van der Waals surface area contributed by atoms with Gasteiger partial charge in [0.25, 0.3) is 5.91 Å². The summed E-state index contributed by atoms with van der Waals surface area (Å²) in [6, 6.07) is 15.8. The molecule has 3 aromatic rings. The molecule has 0 fully saturated rings. The first-order chi connectivity index (χ1) is 16.8. The average Bonchev–Trinajstić information content (AvgIpc) is 3.45. The molecule has 8 nitrogen and oxygen atoms in total. The second-order valence-electron chi connectivity index (χ2n) is 8.52. The summed E-state index contributed by atoms with van der Waals surface area (Å²) in [7, 11) is 0. The van der Waals surface area contributed by atoms with Gasteiger partial charge in [0.15, 0.2) is 0 Å². The van der Waals surface area contributed by atoms with Crippen LogP contribution in [0.25, 0.3) is 11.1 Å². The highest BCUT2D eigenvalue weighted by atomic mass is 32.1. The molecule has 3 N–H and O–H groups in total. The van der Waals surface area contributed by atoms with E-state index in [2.05, 4.69) is 39.9 Å². The molecule has 2 atom stereocenters. The molecular weight excluding hydrogens is 466 g/mol. The smallest absolute Gasteiger partial charge is 0.407 e. The van der Waals surface area contributed by atoms with Gasteiger partial charge in [0.05, 0.1) is 10.9 Å². The zero-order valence-corrected chi connectivity index (χ0v) is 20.3. The van der Waals surface area contributed by atoms with Crippen LogP contribution in [-0.4, -0.2) is 47.3 Å². The summed E-state index contributed by atoms with van der Waals surface area (Å²) < 4.78 is 5.53. The third-order valence-electron chi connectivity index (χ3n) is 6.23. The number of fused-ring (bicyclic) bond motifs is 3. The molecule has 0 radical (unpaired) electrons. The maximum atomic E-state index is 12.3. The van der Waals surface area contributed by atoms with Crippen molar-refractivity contribution in [1.82, 2.24) is 15.6 Å². The summed E-state index contributed by atoms with van der Waals surface area (Å²) in [4.78, 5) is 40.0. The highest BCUT2D eigenvalue weighted by molar-refractivity contribution is 7.09. The van der Waals surface area contributed by atoms with Crippen LogP contribution in [-0.2, 0) is 16.0 Å². The Labute approximate surface area is 207 Å². The van der Waals surface area contributed by atoms with Gasteiger partial charge >= 0.3 is 12.1 Å². The highest BCUT2D eigenvalue weighted by Gasteiger charge is 2.29. The summed E-state index contributed by atoms with van der Waals surface area (Å²) in [6.45, 7) is 3.74. The third kappa shape index (κ3) is 5.51. The van der Waals surface area contributed by atoms with E-state index in [0.717, 1.165) is 11.1 Å².